The number of amides is 1. The van der Waals surface area contributed by atoms with Crippen molar-refractivity contribution in [1.82, 2.24) is 19.7 Å². The predicted molar refractivity (Wildman–Crippen MR) is 88.8 cm³/mol. The average Bonchev–Trinajstić information content (AvgIpc) is 3.05. The molecule has 3 heterocycles. The van der Waals surface area contributed by atoms with E-state index in [1.54, 1.807) is 11.3 Å². The van der Waals surface area contributed by atoms with E-state index >= 15 is 0 Å². The molecular formula is C16H20N4O3S. The lowest BCUT2D eigenvalue weighted by Crippen LogP contribution is -2.32. The topological polar surface area (TPSA) is 88.3 Å². The summed E-state index contributed by atoms with van der Waals surface area (Å²) in [5, 5.41) is 16.2. The summed E-state index contributed by atoms with van der Waals surface area (Å²) < 4.78 is 1.90. The quantitative estimate of drug-likeness (QED) is 0.887. The zero-order chi connectivity index (χ0) is 17.1. The Bertz CT molecular complexity index is 752. The van der Waals surface area contributed by atoms with Crippen LogP contribution in [-0.2, 0) is 35.5 Å². The van der Waals surface area contributed by atoms with E-state index in [4.69, 9.17) is 5.11 Å². The van der Waals surface area contributed by atoms with Crippen molar-refractivity contribution in [2.45, 2.75) is 45.7 Å². The number of carbonyl (C=O) groups excluding carboxylic acids is 1. The first kappa shape index (κ1) is 16.6. The van der Waals surface area contributed by atoms with Crippen molar-refractivity contribution >= 4 is 23.2 Å². The van der Waals surface area contributed by atoms with E-state index in [-0.39, 0.29) is 12.3 Å². The van der Waals surface area contributed by atoms with Gasteiger partial charge in [-0.3, -0.25) is 14.3 Å². The molecule has 128 valence electrons. The van der Waals surface area contributed by atoms with E-state index in [2.05, 4.69) is 10.1 Å². The standard InChI is InChI=1S/C16H20N4O3S/c1-11-17-13(10-24-11)8-15(21)19-5-2-6-20-14(9-19)7-12(18-20)3-4-16(22)23/h7,10H,2-6,8-9H2,1H3,(H,22,23). The first-order valence-corrected chi connectivity index (χ1v) is 8.85. The van der Waals surface area contributed by atoms with Gasteiger partial charge in [0.2, 0.25) is 5.91 Å². The van der Waals surface area contributed by atoms with Gasteiger partial charge >= 0.3 is 5.97 Å². The van der Waals surface area contributed by atoms with Gasteiger partial charge in [0.05, 0.1) is 41.5 Å². The van der Waals surface area contributed by atoms with Crippen molar-refractivity contribution in [2.24, 2.45) is 0 Å². The number of hydrogen-bond acceptors (Lipinski definition) is 5. The van der Waals surface area contributed by atoms with Crippen molar-refractivity contribution in [3.05, 3.63) is 33.5 Å². The van der Waals surface area contributed by atoms with Crippen molar-refractivity contribution in [3.8, 4) is 0 Å². The second-order valence-electron chi connectivity index (χ2n) is 5.95. The van der Waals surface area contributed by atoms with Gasteiger partial charge in [-0.05, 0) is 19.4 Å². The summed E-state index contributed by atoms with van der Waals surface area (Å²) >= 11 is 1.55. The molecule has 2 aromatic heterocycles. The summed E-state index contributed by atoms with van der Waals surface area (Å²) in [6, 6.07) is 1.92. The Hall–Kier alpha value is -2.22. The Balaban J connectivity index is 1.67. The molecule has 0 radical (unpaired) electrons. The maximum atomic E-state index is 12.5. The number of hydrogen-bond donors (Lipinski definition) is 1. The van der Waals surface area contributed by atoms with Gasteiger partial charge in [0.15, 0.2) is 0 Å². The number of aliphatic carboxylic acids is 1. The molecule has 1 N–H and O–H groups in total. The molecule has 24 heavy (non-hydrogen) atoms. The van der Waals surface area contributed by atoms with E-state index in [9.17, 15) is 9.59 Å². The molecule has 1 amide bonds. The fraction of sp³-hybridized carbons (Fsp3) is 0.500. The molecule has 1 aliphatic heterocycles. The number of carboxylic acids is 1. The zero-order valence-corrected chi connectivity index (χ0v) is 14.4. The molecule has 0 saturated heterocycles. The molecule has 8 heteroatoms. The molecule has 0 fully saturated rings. The zero-order valence-electron chi connectivity index (χ0n) is 13.6. The molecular weight excluding hydrogens is 328 g/mol. The van der Waals surface area contributed by atoms with E-state index < -0.39 is 5.97 Å². The third-order valence-corrected chi connectivity index (χ3v) is 4.83. The first-order chi connectivity index (χ1) is 11.5. The predicted octanol–water partition coefficient (Wildman–Crippen LogP) is 1.64. The largest absolute Gasteiger partial charge is 0.481 e. The maximum Gasteiger partial charge on any atom is 0.303 e. The van der Waals surface area contributed by atoms with Crippen LogP contribution in [0.4, 0.5) is 0 Å². The fourth-order valence-electron chi connectivity index (χ4n) is 2.85. The Kier molecular flexibility index (Phi) is 4.94. The molecule has 1 aliphatic rings. The third-order valence-electron chi connectivity index (χ3n) is 4.01. The van der Waals surface area contributed by atoms with Gasteiger partial charge < -0.3 is 10.0 Å². The van der Waals surface area contributed by atoms with Crippen LogP contribution in [0.5, 0.6) is 0 Å². The summed E-state index contributed by atoms with van der Waals surface area (Å²) in [5.74, 6) is -0.754. The van der Waals surface area contributed by atoms with Crippen LogP contribution in [0.15, 0.2) is 11.4 Å². The molecule has 7 nitrogen and oxygen atoms in total. The van der Waals surface area contributed by atoms with Gasteiger partial charge in [-0.1, -0.05) is 0 Å². The van der Waals surface area contributed by atoms with Crippen LogP contribution in [0.1, 0.15) is 34.9 Å². The highest BCUT2D eigenvalue weighted by molar-refractivity contribution is 7.09. The van der Waals surface area contributed by atoms with Gasteiger partial charge in [0.25, 0.3) is 0 Å². The van der Waals surface area contributed by atoms with Crippen LogP contribution in [0.25, 0.3) is 0 Å². The van der Waals surface area contributed by atoms with Crippen LogP contribution in [0, 0.1) is 6.92 Å². The third kappa shape index (κ3) is 4.00. The van der Waals surface area contributed by atoms with Crippen molar-refractivity contribution in [1.29, 1.82) is 0 Å². The minimum absolute atomic E-state index is 0.0713. The molecule has 0 unspecified atom stereocenters. The number of aromatic nitrogens is 3. The summed E-state index contributed by atoms with van der Waals surface area (Å²) in [7, 11) is 0. The van der Waals surface area contributed by atoms with Crippen molar-refractivity contribution in [3.63, 3.8) is 0 Å². The van der Waals surface area contributed by atoms with Crippen LogP contribution in [0.2, 0.25) is 0 Å². The van der Waals surface area contributed by atoms with Gasteiger partial charge in [-0.15, -0.1) is 11.3 Å². The van der Waals surface area contributed by atoms with Crippen LogP contribution in [0.3, 0.4) is 0 Å². The molecule has 0 aromatic carbocycles. The van der Waals surface area contributed by atoms with Gasteiger partial charge in [-0.2, -0.15) is 5.10 Å². The highest BCUT2D eigenvalue weighted by atomic mass is 32.1. The maximum absolute atomic E-state index is 12.5. The Labute approximate surface area is 143 Å². The summed E-state index contributed by atoms with van der Waals surface area (Å²) in [5.41, 5.74) is 2.56. The van der Waals surface area contributed by atoms with Gasteiger partial charge in [-0.25, -0.2) is 4.98 Å². The minimum Gasteiger partial charge on any atom is -0.481 e. The van der Waals surface area contributed by atoms with Gasteiger partial charge in [0, 0.05) is 24.9 Å². The number of aryl methyl sites for hydroxylation is 3. The molecule has 2 aromatic rings. The number of rotatable bonds is 5. The van der Waals surface area contributed by atoms with Crippen LogP contribution in [-0.4, -0.2) is 43.2 Å². The Morgan fingerprint density at radius 1 is 1.33 bits per heavy atom. The smallest absolute Gasteiger partial charge is 0.303 e. The van der Waals surface area contributed by atoms with Crippen molar-refractivity contribution < 1.29 is 14.7 Å². The van der Waals surface area contributed by atoms with Gasteiger partial charge in [0.1, 0.15) is 0 Å². The molecule has 0 aliphatic carbocycles. The Morgan fingerprint density at radius 2 is 2.17 bits per heavy atom. The lowest BCUT2D eigenvalue weighted by atomic mass is 10.2. The number of carboxylic acid groups (broad SMARTS) is 1. The Morgan fingerprint density at radius 3 is 2.88 bits per heavy atom. The second-order valence-corrected chi connectivity index (χ2v) is 7.01. The lowest BCUT2D eigenvalue weighted by Gasteiger charge is -2.19. The number of nitrogens with zero attached hydrogens (tertiary/aromatic N) is 4. The van der Waals surface area contributed by atoms with Crippen LogP contribution >= 0.6 is 11.3 Å². The summed E-state index contributed by atoms with van der Waals surface area (Å²) in [4.78, 5) is 29.4. The monoisotopic (exact) mass is 348 g/mol. The van der Waals surface area contributed by atoms with E-state index in [0.29, 0.717) is 25.9 Å². The number of carbonyl (C=O) groups is 2. The second kappa shape index (κ2) is 7.12. The summed E-state index contributed by atoms with van der Waals surface area (Å²) in [6.07, 6.45) is 1.66. The number of fused-ring (bicyclic) bond motifs is 1. The lowest BCUT2D eigenvalue weighted by molar-refractivity contribution is -0.137. The van der Waals surface area contributed by atoms with E-state index in [0.717, 1.165) is 35.1 Å². The normalized spacial score (nSPS) is 14.3. The average molecular weight is 348 g/mol. The molecule has 0 bridgehead atoms. The number of thiazole rings is 1. The van der Waals surface area contributed by atoms with Crippen molar-refractivity contribution in [2.75, 3.05) is 6.54 Å². The fourth-order valence-corrected chi connectivity index (χ4v) is 3.46. The molecule has 3 rings (SSSR count). The first-order valence-electron chi connectivity index (χ1n) is 7.97. The van der Waals surface area contributed by atoms with E-state index in [1.807, 2.05) is 28.0 Å². The molecule has 0 atom stereocenters. The highest BCUT2D eigenvalue weighted by Crippen LogP contribution is 2.17. The summed E-state index contributed by atoms with van der Waals surface area (Å²) in [6.45, 7) is 3.90. The molecule has 0 spiro atoms. The highest BCUT2D eigenvalue weighted by Gasteiger charge is 2.21. The van der Waals surface area contributed by atoms with E-state index in [1.165, 1.54) is 0 Å². The molecule has 0 saturated carbocycles. The van der Waals surface area contributed by atoms with Crippen LogP contribution < -0.4 is 0 Å². The SMILES string of the molecule is Cc1nc(CC(=O)N2CCCn3nc(CCC(=O)O)cc3C2)cs1. The minimum atomic E-state index is -0.825.